The molecule has 0 amide bonds. The minimum atomic E-state index is -3.97. The summed E-state index contributed by atoms with van der Waals surface area (Å²) in [5, 5.41) is 7.63. The molecule has 0 spiro atoms. The van der Waals surface area contributed by atoms with Crippen molar-refractivity contribution in [2.24, 2.45) is 0 Å². The van der Waals surface area contributed by atoms with Gasteiger partial charge in [0.2, 0.25) is 16.0 Å². The lowest BCUT2D eigenvalue weighted by molar-refractivity contribution is 0.391. The van der Waals surface area contributed by atoms with Gasteiger partial charge in [-0.1, -0.05) is 13.0 Å². The van der Waals surface area contributed by atoms with Gasteiger partial charge < -0.3 is 9.47 Å². The van der Waals surface area contributed by atoms with Gasteiger partial charge in [-0.3, -0.25) is 14.3 Å². The molecule has 1 aromatic carbocycles. The predicted octanol–water partition coefficient (Wildman–Crippen LogP) is 3.69. The van der Waals surface area contributed by atoms with Crippen molar-refractivity contribution in [1.29, 1.82) is 0 Å². The molecule has 0 saturated carbocycles. The molecule has 4 rings (SSSR count). The van der Waals surface area contributed by atoms with Gasteiger partial charge in [0.05, 0.1) is 19.5 Å². The maximum absolute atomic E-state index is 13.5. The van der Waals surface area contributed by atoms with Gasteiger partial charge in [0.15, 0.2) is 5.82 Å². The average Bonchev–Trinajstić information content (AvgIpc) is 3.30. The molecule has 37 heavy (non-hydrogen) atoms. The van der Waals surface area contributed by atoms with E-state index in [-0.39, 0.29) is 5.95 Å². The molecule has 1 N–H and O–H groups in total. The number of rotatable bonds is 9. The SMILES string of the molecule is COc1cccc(OC)c1-n1c(NS(=O)(=O)C(C)C(C)c2ncc(C)cn2)nnc1-c1ccc(C)nc1. The third-order valence-corrected chi connectivity index (χ3v) is 7.95. The highest BCUT2D eigenvalue weighted by Gasteiger charge is 2.32. The van der Waals surface area contributed by atoms with Crippen LogP contribution in [0, 0.1) is 13.8 Å². The highest BCUT2D eigenvalue weighted by molar-refractivity contribution is 7.93. The molecule has 0 aliphatic heterocycles. The van der Waals surface area contributed by atoms with Crippen LogP contribution in [0.5, 0.6) is 11.5 Å². The Kier molecular flexibility index (Phi) is 7.39. The molecule has 0 fully saturated rings. The summed E-state index contributed by atoms with van der Waals surface area (Å²) < 4.78 is 42.5. The zero-order valence-corrected chi connectivity index (χ0v) is 22.3. The largest absolute Gasteiger partial charge is 0.494 e. The number of aryl methyl sites for hydroxylation is 2. The molecule has 0 saturated heterocycles. The summed E-state index contributed by atoms with van der Waals surface area (Å²) in [7, 11) is -0.929. The van der Waals surface area contributed by atoms with E-state index in [1.165, 1.54) is 14.2 Å². The molecule has 2 unspecified atom stereocenters. The number of nitrogens with one attached hydrogen (secondary N) is 1. The first-order chi connectivity index (χ1) is 17.7. The van der Waals surface area contributed by atoms with Crippen LogP contribution >= 0.6 is 0 Å². The Bertz CT molecular complexity index is 1460. The van der Waals surface area contributed by atoms with Crippen LogP contribution in [0.4, 0.5) is 5.95 Å². The Morgan fingerprint density at radius 2 is 1.54 bits per heavy atom. The standard InChI is InChI=1S/C25H29N7O4S/c1-15-12-27-23(28-13-15)17(3)18(4)37(33,34)31-25-30-29-24(19-11-10-16(2)26-14-19)32(25)22-20(35-5)8-7-9-21(22)36-6/h7-14,17-18H,1-6H3,(H,30,31). The first-order valence-electron chi connectivity index (χ1n) is 11.6. The number of methoxy groups -OCH3 is 2. The first kappa shape index (κ1) is 26.0. The number of sulfonamides is 1. The molecular formula is C25H29N7O4S. The van der Waals surface area contributed by atoms with Gasteiger partial charge in [-0.2, -0.15) is 0 Å². The zero-order valence-electron chi connectivity index (χ0n) is 21.5. The molecular weight excluding hydrogens is 494 g/mol. The minimum Gasteiger partial charge on any atom is -0.494 e. The maximum atomic E-state index is 13.5. The quantitative estimate of drug-likeness (QED) is 0.348. The van der Waals surface area contributed by atoms with Gasteiger partial charge in [0, 0.05) is 35.8 Å². The van der Waals surface area contributed by atoms with E-state index in [9.17, 15) is 8.42 Å². The lowest BCUT2D eigenvalue weighted by Gasteiger charge is -2.21. The Morgan fingerprint density at radius 1 is 0.892 bits per heavy atom. The predicted molar refractivity (Wildman–Crippen MR) is 140 cm³/mol. The van der Waals surface area contributed by atoms with Gasteiger partial charge >= 0.3 is 0 Å². The van der Waals surface area contributed by atoms with Gasteiger partial charge in [-0.25, -0.2) is 18.4 Å². The Labute approximate surface area is 216 Å². The van der Waals surface area contributed by atoms with E-state index < -0.39 is 21.2 Å². The van der Waals surface area contributed by atoms with Crippen LogP contribution in [-0.4, -0.2) is 57.6 Å². The van der Waals surface area contributed by atoms with E-state index >= 15 is 0 Å². The van der Waals surface area contributed by atoms with E-state index in [0.717, 1.165) is 11.3 Å². The number of pyridine rings is 1. The summed E-state index contributed by atoms with van der Waals surface area (Å²) in [6.45, 7) is 7.12. The van der Waals surface area contributed by atoms with Gasteiger partial charge in [0.25, 0.3) is 0 Å². The summed E-state index contributed by atoms with van der Waals surface area (Å²) in [5.74, 6) is 1.15. The van der Waals surface area contributed by atoms with E-state index in [2.05, 4.69) is 29.9 Å². The Hall–Kier alpha value is -4.06. The van der Waals surface area contributed by atoms with Crippen molar-refractivity contribution in [3.8, 4) is 28.6 Å². The second kappa shape index (κ2) is 10.5. The van der Waals surface area contributed by atoms with Crippen molar-refractivity contribution in [2.75, 3.05) is 18.9 Å². The number of para-hydroxylation sites is 1. The van der Waals surface area contributed by atoms with Crippen LogP contribution in [0.15, 0.2) is 48.9 Å². The van der Waals surface area contributed by atoms with Crippen LogP contribution in [0.25, 0.3) is 17.1 Å². The molecule has 4 aromatic rings. The molecule has 0 bridgehead atoms. The van der Waals surface area contributed by atoms with Gasteiger partial charge in [-0.05, 0) is 50.6 Å². The molecule has 11 nitrogen and oxygen atoms in total. The van der Waals surface area contributed by atoms with Crippen molar-refractivity contribution in [2.45, 2.75) is 38.9 Å². The number of nitrogens with zero attached hydrogens (tertiary/aromatic N) is 6. The third-order valence-electron chi connectivity index (χ3n) is 6.09. The van der Waals surface area contributed by atoms with Crippen LogP contribution in [0.2, 0.25) is 0 Å². The second-order valence-corrected chi connectivity index (χ2v) is 10.7. The fourth-order valence-corrected chi connectivity index (χ4v) is 4.97. The number of anilines is 1. The number of hydrogen-bond donors (Lipinski definition) is 1. The maximum Gasteiger partial charge on any atom is 0.243 e. The van der Waals surface area contributed by atoms with Crippen LogP contribution in [0.3, 0.4) is 0 Å². The second-order valence-electron chi connectivity index (χ2n) is 8.64. The molecule has 3 aromatic heterocycles. The number of aromatic nitrogens is 6. The lowest BCUT2D eigenvalue weighted by Crippen LogP contribution is -2.31. The fraction of sp³-hybridized carbons (Fsp3) is 0.320. The first-order valence-corrected chi connectivity index (χ1v) is 13.1. The van der Waals surface area contributed by atoms with E-state index in [1.807, 2.05) is 26.0 Å². The van der Waals surface area contributed by atoms with E-state index in [0.29, 0.717) is 34.4 Å². The molecule has 0 aliphatic rings. The normalized spacial score (nSPS) is 13.1. The fourth-order valence-electron chi connectivity index (χ4n) is 3.74. The molecule has 0 radical (unpaired) electrons. The number of benzene rings is 1. The van der Waals surface area contributed by atoms with Crippen LogP contribution < -0.4 is 14.2 Å². The third kappa shape index (κ3) is 5.24. The van der Waals surface area contributed by atoms with E-state index in [4.69, 9.17) is 9.47 Å². The molecule has 12 heteroatoms. The van der Waals surface area contributed by atoms with Crippen molar-refractivity contribution in [3.05, 3.63) is 66.0 Å². The van der Waals surface area contributed by atoms with Crippen molar-refractivity contribution < 1.29 is 17.9 Å². The summed E-state index contributed by atoms with van der Waals surface area (Å²) in [6.07, 6.45) is 4.98. The van der Waals surface area contributed by atoms with Crippen LogP contribution in [-0.2, 0) is 10.0 Å². The summed E-state index contributed by atoms with van der Waals surface area (Å²) in [4.78, 5) is 13.0. The monoisotopic (exact) mass is 523 g/mol. The Balaban J connectivity index is 1.82. The van der Waals surface area contributed by atoms with Gasteiger partial charge in [0.1, 0.15) is 23.0 Å². The highest BCUT2D eigenvalue weighted by Crippen LogP contribution is 2.38. The highest BCUT2D eigenvalue weighted by atomic mass is 32.2. The minimum absolute atomic E-state index is 0.0257. The number of hydrogen-bond acceptors (Lipinski definition) is 9. The number of ether oxygens (including phenoxy) is 2. The zero-order chi connectivity index (χ0) is 26.7. The van der Waals surface area contributed by atoms with Crippen molar-refractivity contribution in [3.63, 3.8) is 0 Å². The summed E-state index contributed by atoms with van der Waals surface area (Å²) in [5.41, 5.74) is 2.78. The van der Waals surface area contributed by atoms with Crippen LogP contribution in [0.1, 0.15) is 36.8 Å². The summed E-state index contributed by atoms with van der Waals surface area (Å²) >= 11 is 0. The topological polar surface area (TPSA) is 134 Å². The smallest absolute Gasteiger partial charge is 0.243 e. The lowest BCUT2D eigenvalue weighted by atomic mass is 10.1. The average molecular weight is 524 g/mol. The molecule has 3 heterocycles. The molecule has 0 aliphatic carbocycles. The van der Waals surface area contributed by atoms with Crippen molar-refractivity contribution in [1.82, 2.24) is 29.7 Å². The molecule has 2 atom stereocenters. The van der Waals surface area contributed by atoms with E-state index in [1.54, 1.807) is 55.2 Å². The van der Waals surface area contributed by atoms with Gasteiger partial charge in [-0.15, -0.1) is 10.2 Å². The molecule has 194 valence electrons. The van der Waals surface area contributed by atoms with Crippen molar-refractivity contribution >= 4 is 16.0 Å². The Morgan fingerprint density at radius 3 is 2.11 bits per heavy atom. The summed E-state index contributed by atoms with van der Waals surface area (Å²) in [6, 6.07) is 8.93.